The standard InChI is InChI=1S/C29H29ClF3N5O2/c1-4-25-26(24-13-19(30)15-34-27(24)37(25)3)28(39)35-14-18-5-7-20(8-6-18)36(2)22-16-38(17-22)21-9-11-23(12-10-21)40-29(31,32)33/h5-13,15,22H,4,14,16-17H2,1-3H3,(H,35,39). The molecule has 210 valence electrons. The third-order valence-corrected chi connectivity index (χ3v) is 7.52. The first-order valence-electron chi connectivity index (χ1n) is 12.9. The molecule has 0 bridgehead atoms. The quantitative estimate of drug-likeness (QED) is 0.283. The van der Waals surface area contributed by atoms with E-state index >= 15 is 0 Å². The van der Waals surface area contributed by atoms with E-state index in [2.05, 4.69) is 24.8 Å². The molecule has 11 heteroatoms. The number of aromatic nitrogens is 2. The molecule has 2 aromatic carbocycles. The van der Waals surface area contributed by atoms with Crippen molar-refractivity contribution < 1.29 is 22.7 Å². The van der Waals surface area contributed by atoms with Gasteiger partial charge in [0, 0.05) is 62.4 Å². The van der Waals surface area contributed by atoms with Crippen molar-refractivity contribution in [3.8, 4) is 5.75 Å². The number of likely N-dealkylation sites (N-methyl/N-ethyl adjacent to an activating group) is 1. The van der Waals surface area contributed by atoms with Crippen molar-refractivity contribution in [1.29, 1.82) is 0 Å². The fourth-order valence-corrected chi connectivity index (χ4v) is 5.26. The molecule has 1 amide bonds. The Bertz CT molecular complexity index is 1510. The molecule has 1 aliphatic heterocycles. The van der Waals surface area contributed by atoms with Crippen molar-refractivity contribution in [3.05, 3.63) is 82.6 Å². The number of nitrogens with zero attached hydrogens (tertiary/aromatic N) is 4. The molecule has 0 atom stereocenters. The van der Waals surface area contributed by atoms with Crippen LogP contribution < -0.4 is 19.9 Å². The number of alkyl halides is 3. The SMILES string of the molecule is CCc1c(C(=O)NCc2ccc(N(C)C3CN(c4ccc(OC(F)(F)F)cc4)C3)cc2)c2cc(Cl)cnc2n1C. The zero-order valence-corrected chi connectivity index (χ0v) is 23.1. The van der Waals surface area contributed by atoms with E-state index in [0.717, 1.165) is 46.8 Å². The molecule has 0 saturated carbocycles. The molecule has 0 radical (unpaired) electrons. The number of aryl methyl sites for hydroxylation is 1. The van der Waals surface area contributed by atoms with Crippen LogP contribution in [0.2, 0.25) is 5.02 Å². The molecule has 1 saturated heterocycles. The molecule has 0 spiro atoms. The van der Waals surface area contributed by atoms with Crippen molar-refractivity contribution in [1.82, 2.24) is 14.9 Å². The van der Waals surface area contributed by atoms with Crippen LogP contribution in [0.25, 0.3) is 11.0 Å². The summed E-state index contributed by atoms with van der Waals surface area (Å²) in [5.41, 5.74) is 5.08. The van der Waals surface area contributed by atoms with Crippen molar-refractivity contribution in [2.45, 2.75) is 32.3 Å². The second-order valence-corrected chi connectivity index (χ2v) is 10.3. The highest BCUT2D eigenvalue weighted by molar-refractivity contribution is 6.31. The van der Waals surface area contributed by atoms with Gasteiger partial charge >= 0.3 is 6.36 Å². The summed E-state index contributed by atoms with van der Waals surface area (Å²) in [6.45, 7) is 3.88. The number of carbonyl (C=O) groups excluding carboxylic acids is 1. The Kier molecular flexibility index (Phi) is 7.55. The molecular formula is C29H29ClF3N5O2. The number of rotatable bonds is 8. The third-order valence-electron chi connectivity index (χ3n) is 7.32. The topological polar surface area (TPSA) is 62.6 Å². The van der Waals surface area contributed by atoms with Crippen LogP contribution in [0.4, 0.5) is 24.5 Å². The number of nitrogens with one attached hydrogen (secondary N) is 1. The summed E-state index contributed by atoms with van der Waals surface area (Å²) < 4.78 is 43.0. The molecule has 7 nitrogen and oxygen atoms in total. The van der Waals surface area contributed by atoms with Crippen LogP contribution >= 0.6 is 11.6 Å². The van der Waals surface area contributed by atoms with E-state index in [1.54, 1.807) is 24.4 Å². The zero-order chi connectivity index (χ0) is 28.6. The minimum absolute atomic E-state index is 0.166. The molecule has 1 aliphatic rings. The lowest BCUT2D eigenvalue weighted by atomic mass is 10.0. The summed E-state index contributed by atoms with van der Waals surface area (Å²) in [6, 6.07) is 16.0. The molecule has 5 rings (SSSR count). The summed E-state index contributed by atoms with van der Waals surface area (Å²) in [4.78, 5) is 21.9. The van der Waals surface area contributed by atoms with E-state index in [1.165, 1.54) is 12.1 Å². The molecule has 2 aromatic heterocycles. The van der Waals surface area contributed by atoms with Crippen LogP contribution in [-0.2, 0) is 20.0 Å². The smallest absolute Gasteiger partial charge is 0.406 e. The van der Waals surface area contributed by atoms with Crippen LogP contribution in [-0.4, -0.2) is 48.0 Å². The minimum atomic E-state index is -4.70. The lowest BCUT2D eigenvalue weighted by Gasteiger charge is -2.46. The Hall–Kier alpha value is -3.92. The number of hydrogen-bond acceptors (Lipinski definition) is 5. The largest absolute Gasteiger partial charge is 0.573 e. The van der Waals surface area contributed by atoms with Gasteiger partial charge in [-0.15, -0.1) is 13.2 Å². The average molecular weight is 572 g/mol. The van der Waals surface area contributed by atoms with Gasteiger partial charge in [-0.2, -0.15) is 0 Å². The van der Waals surface area contributed by atoms with E-state index in [-0.39, 0.29) is 17.7 Å². The number of benzene rings is 2. The van der Waals surface area contributed by atoms with Crippen molar-refractivity contribution in [2.75, 3.05) is 29.9 Å². The van der Waals surface area contributed by atoms with Gasteiger partial charge in [0.15, 0.2) is 0 Å². The highest BCUT2D eigenvalue weighted by Crippen LogP contribution is 2.30. The van der Waals surface area contributed by atoms with Crippen molar-refractivity contribution >= 4 is 39.9 Å². The normalized spacial score (nSPS) is 13.8. The number of pyridine rings is 1. The van der Waals surface area contributed by atoms with E-state index in [4.69, 9.17) is 11.6 Å². The fraction of sp³-hybridized carbons (Fsp3) is 0.310. The van der Waals surface area contributed by atoms with Crippen LogP contribution in [0.15, 0.2) is 60.8 Å². The van der Waals surface area contributed by atoms with E-state index in [1.807, 2.05) is 49.9 Å². The summed E-state index contributed by atoms with van der Waals surface area (Å²) in [5, 5.41) is 4.26. The van der Waals surface area contributed by atoms with Gasteiger partial charge in [-0.1, -0.05) is 30.7 Å². The Morgan fingerprint density at radius 3 is 2.45 bits per heavy atom. The van der Waals surface area contributed by atoms with Crippen LogP contribution in [0.1, 0.15) is 28.5 Å². The Morgan fingerprint density at radius 1 is 1.15 bits per heavy atom. The molecule has 3 heterocycles. The number of carbonyl (C=O) groups is 1. The summed E-state index contributed by atoms with van der Waals surface area (Å²) in [6.07, 6.45) is -2.43. The molecular weight excluding hydrogens is 543 g/mol. The fourth-order valence-electron chi connectivity index (χ4n) is 5.10. The zero-order valence-electron chi connectivity index (χ0n) is 22.3. The summed E-state index contributed by atoms with van der Waals surface area (Å²) in [5.74, 6) is -0.397. The van der Waals surface area contributed by atoms with Gasteiger partial charge in [-0.25, -0.2) is 4.98 Å². The second kappa shape index (κ2) is 10.9. The predicted octanol–water partition coefficient (Wildman–Crippen LogP) is 5.94. The number of halogens is 4. The molecule has 1 fully saturated rings. The van der Waals surface area contributed by atoms with Crippen LogP contribution in [0.5, 0.6) is 5.75 Å². The highest BCUT2D eigenvalue weighted by atomic mass is 35.5. The van der Waals surface area contributed by atoms with Crippen LogP contribution in [0.3, 0.4) is 0 Å². The van der Waals surface area contributed by atoms with Crippen molar-refractivity contribution in [3.63, 3.8) is 0 Å². The van der Waals surface area contributed by atoms with Gasteiger partial charge in [-0.05, 0) is 54.4 Å². The second-order valence-electron chi connectivity index (χ2n) is 9.82. The third kappa shape index (κ3) is 5.67. The lowest BCUT2D eigenvalue weighted by molar-refractivity contribution is -0.274. The maximum Gasteiger partial charge on any atom is 0.573 e. The van der Waals surface area contributed by atoms with Crippen LogP contribution in [0, 0.1) is 0 Å². The predicted molar refractivity (Wildman–Crippen MR) is 150 cm³/mol. The Balaban J connectivity index is 1.17. The molecule has 40 heavy (non-hydrogen) atoms. The van der Waals surface area contributed by atoms with Gasteiger partial charge in [0.25, 0.3) is 5.91 Å². The summed E-state index contributed by atoms with van der Waals surface area (Å²) in [7, 11) is 3.92. The van der Waals surface area contributed by atoms with Gasteiger partial charge < -0.3 is 24.4 Å². The lowest BCUT2D eigenvalue weighted by Crippen LogP contribution is -2.58. The van der Waals surface area contributed by atoms with Gasteiger partial charge in [0.1, 0.15) is 11.4 Å². The molecule has 0 unspecified atom stereocenters. The van der Waals surface area contributed by atoms with Gasteiger partial charge in [-0.3, -0.25) is 4.79 Å². The maximum absolute atomic E-state index is 13.2. The minimum Gasteiger partial charge on any atom is -0.406 e. The Morgan fingerprint density at radius 2 is 1.82 bits per heavy atom. The maximum atomic E-state index is 13.2. The average Bonchev–Trinajstić information content (AvgIpc) is 3.17. The monoisotopic (exact) mass is 571 g/mol. The molecule has 4 aromatic rings. The van der Waals surface area contributed by atoms with Gasteiger partial charge in [0.05, 0.1) is 16.6 Å². The Labute approximate surface area is 235 Å². The highest BCUT2D eigenvalue weighted by Gasteiger charge is 2.32. The summed E-state index contributed by atoms with van der Waals surface area (Å²) >= 11 is 6.17. The van der Waals surface area contributed by atoms with Crippen molar-refractivity contribution in [2.24, 2.45) is 7.05 Å². The first-order valence-corrected chi connectivity index (χ1v) is 13.3. The number of hydrogen-bond donors (Lipinski definition) is 1. The van der Waals surface area contributed by atoms with Gasteiger partial charge in [0.2, 0.25) is 0 Å². The number of fused-ring (bicyclic) bond motifs is 1. The molecule has 0 aliphatic carbocycles. The number of anilines is 2. The number of ether oxygens (including phenoxy) is 1. The van der Waals surface area contributed by atoms with E-state index in [0.29, 0.717) is 23.6 Å². The number of amides is 1. The first kappa shape index (κ1) is 27.6. The van der Waals surface area contributed by atoms with E-state index in [9.17, 15) is 18.0 Å². The van der Waals surface area contributed by atoms with E-state index < -0.39 is 6.36 Å². The molecule has 1 N–H and O–H groups in total. The first-order chi connectivity index (χ1) is 19.0.